The van der Waals surface area contributed by atoms with E-state index >= 15 is 0 Å². The quantitative estimate of drug-likeness (QED) is 0.633. The Morgan fingerprint density at radius 3 is 2.06 bits per heavy atom. The van der Waals surface area contributed by atoms with Crippen molar-refractivity contribution in [2.45, 2.75) is 4.90 Å². The molecule has 1 aromatic rings. The number of carboxylic acids is 1. The highest BCUT2D eigenvalue weighted by molar-refractivity contribution is 7.89. The zero-order valence-electron chi connectivity index (χ0n) is 7.88. The van der Waals surface area contributed by atoms with Crippen molar-refractivity contribution in [3.05, 3.63) is 29.3 Å². The van der Waals surface area contributed by atoms with Crippen molar-refractivity contribution in [2.75, 3.05) is 0 Å². The molecule has 16 heavy (non-hydrogen) atoms. The van der Waals surface area contributed by atoms with Crippen LogP contribution in [0.25, 0.3) is 0 Å². The molecule has 8 heteroatoms. The first-order valence-corrected chi connectivity index (χ1v) is 5.48. The molecule has 1 aromatic carbocycles. The van der Waals surface area contributed by atoms with E-state index in [1.807, 2.05) is 0 Å². The lowest BCUT2D eigenvalue weighted by atomic mass is 10.1. The number of carboxylic acid groups (broad SMARTS) is 1. The average molecular weight is 244 g/mol. The third-order valence-corrected chi connectivity index (χ3v) is 2.80. The number of carbonyl (C=O) groups is 2. The second kappa shape index (κ2) is 3.91. The molecular formula is C8H8N2O5S. The number of hydrogen-bond donors (Lipinski definition) is 3. The van der Waals surface area contributed by atoms with Gasteiger partial charge in [0.2, 0.25) is 15.9 Å². The largest absolute Gasteiger partial charge is 0.478 e. The lowest BCUT2D eigenvalue weighted by Crippen LogP contribution is -2.23. The summed E-state index contributed by atoms with van der Waals surface area (Å²) in [4.78, 5) is 21.0. The second-order valence-electron chi connectivity index (χ2n) is 2.90. The van der Waals surface area contributed by atoms with Crippen LogP contribution in [0.3, 0.4) is 0 Å². The molecule has 0 radical (unpaired) electrons. The van der Waals surface area contributed by atoms with Crippen LogP contribution in [0.2, 0.25) is 0 Å². The molecule has 0 aromatic heterocycles. The lowest BCUT2D eigenvalue weighted by Gasteiger charge is -2.07. The molecule has 0 bridgehead atoms. The number of carbonyl (C=O) groups excluding carboxylic acids is 1. The van der Waals surface area contributed by atoms with Crippen molar-refractivity contribution in [1.29, 1.82) is 0 Å². The number of primary sulfonamides is 1. The highest BCUT2D eigenvalue weighted by Crippen LogP contribution is 2.19. The molecule has 5 N–H and O–H groups in total. The van der Waals surface area contributed by atoms with Gasteiger partial charge in [-0.2, -0.15) is 0 Å². The molecule has 0 aliphatic rings. The Bertz CT molecular complexity index is 532. The number of rotatable bonds is 3. The summed E-state index contributed by atoms with van der Waals surface area (Å²) < 4.78 is 22.4. The van der Waals surface area contributed by atoms with E-state index in [0.29, 0.717) is 0 Å². The molecule has 0 unspecified atom stereocenters. The van der Waals surface area contributed by atoms with Gasteiger partial charge in [0, 0.05) is 0 Å². The molecule has 7 nitrogen and oxygen atoms in total. The average Bonchev–Trinajstić information content (AvgIpc) is 2.15. The molecule has 0 fully saturated rings. The summed E-state index contributed by atoms with van der Waals surface area (Å²) in [6, 6.07) is 3.32. The number of aromatic carboxylic acids is 1. The van der Waals surface area contributed by atoms with Crippen LogP contribution in [-0.2, 0) is 10.0 Å². The summed E-state index contributed by atoms with van der Waals surface area (Å²) in [7, 11) is -4.34. The monoisotopic (exact) mass is 244 g/mol. The zero-order chi connectivity index (χ0) is 12.5. The minimum absolute atomic E-state index is 0.442. The number of hydrogen-bond acceptors (Lipinski definition) is 4. The maximum atomic E-state index is 11.2. The van der Waals surface area contributed by atoms with Crippen molar-refractivity contribution in [1.82, 2.24) is 0 Å². The highest BCUT2D eigenvalue weighted by atomic mass is 32.2. The van der Waals surface area contributed by atoms with Crippen LogP contribution in [0.5, 0.6) is 0 Å². The van der Waals surface area contributed by atoms with Crippen LogP contribution < -0.4 is 10.9 Å². The molecule has 0 aliphatic carbocycles. The summed E-state index contributed by atoms with van der Waals surface area (Å²) in [5.74, 6) is -2.57. The van der Waals surface area contributed by atoms with Gasteiger partial charge in [0.15, 0.2) is 0 Å². The maximum Gasteiger partial charge on any atom is 0.337 e. The van der Waals surface area contributed by atoms with E-state index in [0.717, 1.165) is 12.1 Å². The first-order valence-electron chi connectivity index (χ1n) is 3.94. The van der Waals surface area contributed by atoms with E-state index < -0.39 is 37.9 Å². The number of nitrogens with two attached hydrogens (primary N) is 2. The van der Waals surface area contributed by atoms with Gasteiger partial charge in [0.05, 0.1) is 11.1 Å². The van der Waals surface area contributed by atoms with Crippen LogP contribution in [-0.4, -0.2) is 25.4 Å². The van der Waals surface area contributed by atoms with Gasteiger partial charge in [-0.1, -0.05) is 6.07 Å². The van der Waals surface area contributed by atoms with E-state index in [1.54, 1.807) is 0 Å². The predicted octanol–water partition coefficient (Wildman–Crippen LogP) is -0.869. The fourth-order valence-electron chi connectivity index (χ4n) is 1.21. The van der Waals surface area contributed by atoms with Gasteiger partial charge in [-0.15, -0.1) is 0 Å². The van der Waals surface area contributed by atoms with Crippen molar-refractivity contribution in [3.63, 3.8) is 0 Å². The van der Waals surface area contributed by atoms with Gasteiger partial charge in [0.1, 0.15) is 4.90 Å². The Balaban J connectivity index is 3.75. The van der Waals surface area contributed by atoms with Crippen LogP contribution >= 0.6 is 0 Å². The topological polar surface area (TPSA) is 141 Å². The Labute approximate surface area is 90.7 Å². The fraction of sp³-hybridized carbons (Fsp3) is 0. The van der Waals surface area contributed by atoms with Crippen LogP contribution in [0.4, 0.5) is 0 Å². The van der Waals surface area contributed by atoms with E-state index in [9.17, 15) is 18.0 Å². The first-order chi connectivity index (χ1) is 7.25. The lowest BCUT2D eigenvalue weighted by molar-refractivity contribution is 0.0692. The number of sulfonamides is 1. The fourth-order valence-corrected chi connectivity index (χ4v) is 2.14. The minimum Gasteiger partial charge on any atom is -0.478 e. The Kier molecular flexibility index (Phi) is 2.97. The van der Waals surface area contributed by atoms with Gasteiger partial charge in [0.25, 0.3) is 0 Å². The standard InChI is InChI=1S/C8H8N2O5S/c9-7(11)4-2-1-3-5(8(12)13)6(4)16(10,14)15/h1-3H,(H2,9,11)(H,12,13)(H2,10,14,15). The molecule has 86 valence electrons. The Morgan fingerprint density at radius 1 is 1.19 bits per heavy atom. The second-order valence-corrected chi connectivity index (χ2v) is 4.39. The smallest absolute Gasteiger partial charge is 0.337 e. The van der Waals surface area contributed by atoms with E-state index in [4.69, 9.17) is 16.0 Å². The van der Waals surface area contributed by atoms with Gasteiger partial charge < -0.3 is 10.8 Å². The highest BCUT2D eigenvalue weighted by Gasteiger charge is 2.24. The van der Waals surface area contributed by atoms with Crippen LogP contribution in [0, 0.1) is 0 Å². The number of amides is 1. The number of primary amides is 1. The summed E-state index contributed by atoms with van der Waals surface area (Å²) in [6.45, 7) is 0. The Hall–Kier alpha value is -1.93. The molecule has 0 spiro atoms. The van der Waals surface area contributed by atoms with Crippen molar-refractivity contribution < 1.29 is 23.1 Å². The third kappa shape index (κ3) is 2.18. The van der Waals surface area contributed by atoms with Crippen LogP contribution in [0.15, 0.2) is 23.1 Å². The molecule has 1 rings (SSSR count). The first kappa shape index (κ1) is 12.1. The van der Waals surface area contributed by atoms with Gasteiger partial charge in [-0.05, 0) is 12.1 Å². The van der Waals surface area contributed by atoms with Gasteiger partial charge in [-0.3, -0.25) is 4.79 Å². The van der Waals surface area contributed by atoms with Gasteiger partial charge in [-0.25, -0.2) is 18.4 Å². The summed E-state index contributed by atoms with van der Waals surface area (Å²) in [6.07, 6.45) is 0. The molecule has 1 amide bonds. The third-order valence-electron chi connectivity index (χ3n) is 1.80. The summed E-state index contributed by atoms with van der Waals surface area (Å²) >= 11 is 0. The number of benzene rings is 1. The summed E-state index contributed by atoms with van der Waals surface area (Å²) in [5, 5.41) is 13.6. The molecular weight excluding hydrogens is 236 g/mol. The Morgan fingerprint density at radius 2 is 1.69 bits per heavy atom. The van der Waals surface area contributed by atoms with Crippen molar-refractivity contribution >= 4 is 21.9 Å². The SMILES string of the molecule is NC(=O)c1cccc(C(=O)O)c1S(N)(=O)=O. The van der Waals surface area contributed by atoms with Gasteiger partial charge >= 0.3 is 5.97 Å². The molecule has 0 atom stereocenters. The molecule has 0 heterocycles. The van der Waals surface area contributed by atoms with Crippen molar-refractivity contribution in [3.8, 4) is 0 Å². The molecule has 0 saturated heterocycles. The predicted molar refractivity (Wildman–Crippen MR) is 53.3 cm³/mol. The minimum atomic E-state index is -4.34. The molecule has 0 aliphatic heterocycles. The molecule has 0 saturated carbocycles. The van der Waals surface area contributed by atoms with E-state index in [2.05, 4.69) is 0 Å². The summed E-state index contributed by atoms with van der Waals surface area (Å²) in [5.41, 5.74) is 3.90. The zero-order valence-corrected chi connectivity index (χ0v) is 8.69. The van der Waals surface area contributed by atoms with Crippen molar-refractivity contribution in [2.24, 2.45) is 10.9 Å². The maximum absolute atomic E-state index is 11.2. The van der Waals surface area contributed by atoms with E-state index in [1.165, 1.54) is 6.07 Å². The van der Waals surface area contributed by atoms with E-state index in [-0.39, 0.29) is 0 Å². The van der Waals surface area contributed by atoms with Crippen LogP contribution in [0.1, 0.15) is 20.7 Å². The normalized spacial score (nSPS) is 11.1.